The Hall–Kier alpha value is -1.00. The summed E-state index contributed by atoms with van der Waals surface area (Å²) in [6.45, 7) is 1.09. The van der Waals surface area contributed by atoms with Crippen LogP contribution in [0.1, 0.15) is 28.4 Å². The van der Waals surface area contributed by atoms with Gasteiger partial charge in [0, 0.05) is 3.57 Å². The molecule has 9 heteroatoms. The highest BCUT2D eigenvalue weighted by Gasteiger charge is 2.46. The largest absolute Gasteiger partial charge is 0.462 e. The quantitative estimate of drug-likeness (QED) is 0.406. The average molecular weight is 412 g/mol. The molecule has 0 saturated carbocycles. The number of hydrogen-bond donors (Lipinski definition) is 0. The van der Waals surface area contributed by atoms with Crippen molar-refractivity contribution < 1.29 is 35.9 Å². The molecule has 0 radical (unpaired) electrons. The summed E-state index contributed by atoms with van der Waals surface area (Å²) in [5.41, 5.74) is -5.07. The van der Waals surface area contributed by atoms with Crippen LogP contribution < -0.4 is 0 Å². The summed E-state index contributed by atoms with van der Waals surface area (Å²) in [5, 5.41) is 0. The fraction of sp³-hybridized carbons (Fsp3) is 0.364. The Morgan fingerprint density at radius 3 is 2.10 bits per heavy atom. The number of carbonyl (C=O) groups excluding carboxylic acids is 1. The summed E-state index contributed by atoms with van der Waals surface area (Å²) in [7, 11) is 0. The second-order valence-corrected chi connectivity index (χ2v) is 4.84. The number of benzene rings is 1. The zero-order valence-electron chi connectivity index (χ0n) is 9.82. The maximum atomic E-state index is 12.9. The minimum absolute atomic E-state index is 0.147. The Kier molecular flexibility index (Phi) is 4.93. The summed E-state index contributed by atoms with van der Waals surface area (Å²) in [5.74, 6) is -1.44. The fourth-order valence-electron chi connectivity index (χ4n) is 1.51. The molecule has 2 nitrogen and oxygen atoms in total. The molecule has 0 heterocycles. The number of esters is 1. The van der Waals surface area contributed by atoms with Crippen molar-refractivity contribution in [1.82, 2.24) is 0 Å². The zero-order chi connectivity index (χ0) is 15.7. The normalized spacial score (nSPS) is 12.4. The first kappa shape index (κ1) is 17.1. The molecule has 1 rings (SSSR count). The van der Waals surface area contributed by atoms with Gasteiger partial charge in [-0.25, -0.2) is 4.79 Å². The standard InChI is InChI=1S/C11H7F6IO2/c1-2-20-9(19)6-3-5(18)4-7(10(12,13)14)8(6)11(15,16)17/h3-4H,2H2,1H3. The minimum atomic E-state index is -5.32. The van der Waals surface area contributed by atoms with Crippen LogP contribution in [-0.4, -0.2) is 12.6 Å². The summed E-state index contributed by atoms with van der Waals surface area (Å²) in [6, 6.07) is 1.06. The molecule has 0 N–H and O–H groups in total. The number of ether oxygens (including phenoxy) is 1. The number of rotatable bonds is 2. The lowest BCUT2D eigenvalue weighted by atomic mass is 10.00. The van der Waals surface area contributed by atoms with E-state index in [1.807, 2.05) is 0 Å². The van der Waals surface area contributed by atoms with Gasteiger partial charge in [-0.05, 0) is 41.6 Å². The second-order valence-electron chi connectivity index (χ2n) is 3.59. The third-order valence-corrected chi connectivity index (χ3v) is 2.81. The van der Waals surface area contributed by atoms with E-state index in [4.69, 9.17) is 0 Å². The van der Waals surface area contributed by atoms with Crippen molar-refractivity contribution in [3.05, 3.63) is 32.4 Å². The molecular weight excluding hydrogens is 405 g/mol. The Morgan fingerprint density at radius 2 is 1.70 bits per heavy atom. The minimum Gasteiger partial charge on any atom is -0.462 e. The van der Waals surface area contributed by atoms with Gasteiger partial charge in [-0.15, -0.1) is 0 Å². The summed E-state index contributed by atoms with van der Waals surface area (Å²) in [6.07, 6.45) is -10.6. The predicted molar refractivity (Wildman–Crippen MR) is 65.1 cm³/mol. The zero-order valence-corrected chi connectivity index (χ0v) is 12.0. The molecular formula is C11H7F6IO2. The molecule has 0 spiro atoms. The van der Waals surface area contributed by atoms with E-state index in [1.165, 1.54) is 29.5 Å². The molecule has 112 valence electrons. The van der Waals surface area contributed by atoms with Gasteiger partial charge in [-0.2, -0.15) is 26.3 Å². The van der Waals surface area contributed by atoms with Crippen molar-refractivity contribution in [2.75, 3.05) is 6.61 Å². The van der Waals surface area contributed by atoms with Gasteiger partial charge < -0.3 is 4.74 Å². The van der Waals surface area contributed by atoms with Crippen molar-refractivity contribution in [2.45, 2.75) is 19.3 Å². The lowest BCUT2D eigenvalue weighted by Gasteiger charge is -2.19. The van der Waals surface area contributed by atoms with E-state index in [9.17, 15) is 31.1 Å². The first-order valence-corrected chi connectivity index (χ1v) is 6.21. The fourth-order valence-corrected chi connectivity index (χ4v) is 2.13. The van der Waals surface area contributed by atoms with Crippen molar-refractivity contribution in [1.29, 1.82) is 0 Å². The topological polar surface area (TPSA) is 26.3 Å². The van der Waals surface area contributed by atoms with Crippen molar-refractivity contribution in [3.8, 4) is 0 Å². The Balaban J connectivity index is 3.66. The number of halogens is 7. The molecule has 1 aromatic rings. The summed E-state index contributed by atoms with van der Waals surface area (Å²) in [4.78, 5) is 11.5. The van der Waals surface area contributed by atoms with Gasteiger partial charge in [0.15, 0.2) is 0 Å². The molecule has 0 unspecified atom stereocenters. The molecule has 0 saturated heterocycles. The summed E-state index contributed by atoms with van der Waals surface area (Å²) >= 11 is 1.40. The maximum Gasteiger partial charge on any atom is 0.417 e. The molecule has 0 fully saturated rings. The first-order valence-electron chi connectivity index (χ1n) is 5.13. The van der Waals surface area contributed by atoms with Crippen molar-refractivity contribution in [2.24, 2.45) is 0 Å². The van der Waals surface area contributed by atoms with Crippen LogP contribution in [0.4, 0.5) is 26.3 Å². The van der Waals surface area contributed by atoms with Gasteiger partial charge in [0.25, 0.3) is 0 Å². The van der Waals surface area contributed by atoms with E-state index in [2.05, 4.69) is 4.74 Å². The molecule has 0 aliphatic carbocycles. The number of carbonyl (C=O) groups is 1. The van der Waals surface area contributed by atoms with Crippen molar-refractivity contribution >= 4 is 28.6 Å². The molecule has 0 atom stereocenters. The van der Waals surface area contributed by atoms with Gasteiger partial charge in [0.1, 0.15) is 0 Å². The van der Waals surface area contributed by atoms with Crippen LogP contribution in [0.2, 0.25) is 0 Å². The van der Waals surface area contributed by atoms with E-state index in [-0.39, 0.29) is 10.2 Å². The molecule has 0 aliphatic rings. The Morgan fingerprint density at radius 1 is 1.15 bits per heavy atom. The lowest BCUT2D eigenvalue weighted by Crippen LogP contribution is -2.22. The van der Waals surface area contributed by atoms with Crippen LogP contribution in [0.25, 0.3) is 0 Å². The van der Waals surface area contributed by atoms with Crippen LogP contribution in [0, 0.1) is 3.57 Å². The molecule has 0 bridgehead atoms. The van der Waals surface area contributed by atoms with Gasteiger partial charge >= 0.3 is 18.3 Å². The van der Waals surface area contributed by atoms with Crippen LogP contribution in [0.5, 0.6) is 0 Å². The molecule has 0 aromatic heterocycles. The molecule has 20 heavy (non-hydrogen) atoms. The average Bonchev–Trinajstić information content (AvgIpc) is 2.25. The lowest BCUT2D eigenvalue weighted by molar-refractivity contribution is -0.162. The van der Waals surface area contributed by atoms with Gasteiger partial charge in [0.05, 0.1) is 23.3 Å². The monoisotopic (exact) mass is 412 g/mol. The van der Waals surface area contributed by atoms with E-state index in [0.29, 0.717) is 6.07 Å². The highest BCUT2D eigenvalue weighted by atomic mass is 127. The van der Waals surface area contributed by atoms with Gasteiger partial charge in [0.2, 0.25) is 0 Å². The SMILES string of the molecule is CCOC(=O)c1cc(I)cc(C(F)(F)F)c1C(F)(F)F. The third-order valence-electron chi connectivity index (χ3n) is 2.19. The number of alkyl halides is 6. The van der Waals surface area contributed by atoms with Gasteiger partial charge in [-0.1, -0.05) is 0 Å². The van der Waals surface area contributed by atoms with Crippen LogP contribution >= 0.6 is 22.6 Å². The molecule has 0 aliphatic heterocycles. The first-order chi connectivity index (χ1) is 8.98. The van der Waals surface area contributed by atoms with E-state index >= 15 is 0 Å². The molecule has 1 aromatic carbocycles. The van der Waals surface area contributed by atoms with Crippen LogP contribution in [0.3, 0.4) is 0 Å². The summed E-state index contributed by atoms with van der Waals surface area (Å²) < 4.78 is 81.0. The van der Waals surface area contributed by atoms with E-state index < -0.39 is 35.0 Å². The highest BCUT2D eigenvalue weighted by Crippen LogP contribution is 2.43. The third kappa shape index (κ3) is 3.76. The van der Waals surface area contributed by atoms with Gasteiger partial charge in [-0.3, -0.25) is 0 Å². The predicted octanol–water partition coefficient (Wildman–Crippen LogP) is 4.51. The van der Waals surface area contributed by atoms with E-state index in [1.54, 1.807) is 0 Å². The van der Waals surface area contributed by atoms with Crippen LogP contribution in [0.15, 0.2) is 12.1 Å². The number of hydrogen-bond acceptors (Lipinski definition) is 2. The van der Waals surface area contributed by atoms with Crippen LogP contribution in [-0.2, 0) is 17.1 Å². The molecule has 0 amide bonds. The smallest absolute Gasteiger partial charge is 0.417 e. The Labute approximate surface area is 123 Å². The maximum absolute atomic E-state index is 12.9. The Bertz CT molecular complexity index is 521. The second kappa shape index (κ2) is 5.78. The van der Waals surface area contributed by atoms with E-state index in [0.717, 1.165) is 6.07 Å². The van der Waals surface area contributed by atoms with Crippen molar-refractivity contribution in [3.63, 3.8) is 0 Å². The highest BCUT2D eigenvalue weighted by molar-refractivity contribution is 14.1.